The number of hydrogen-bond donors (Lipinski definition) is 1. The average Bonchev–Trinajstić information content (AvgIpc) is 2.74. The summed E-state index contributed by atoms with van der Waals surface area (Å²) in [5, 5.41) is 2.94. The number of nitrogens with zero attached hydrogens (tertiary/aromatic N) is 2. The largest absolute Gasteiger partial charge is 0.475 e. The van der Waals surface area contributed by atoms with Crippen LogP contribution < -0.4 is 10.1 Å². The second-order valence-corrected chi connectivity index (χ2v) is 7.87. The first-order valence-corrected chi connectivity index (χ1v) is 10.3. The highest BCUT2D eigenvalue weighted by molar-refractivity contribution is 5.82. The molecular formula is C23H28FN3O3. The highest BCUT2D eigenvalue weighted by Crippen LogP contribution is 2.18. The first-order chi connectivity index (χ1) is 14.4. The normalized spacial score (nSPS) is 16.4. The Hall–Kier alpha value is -2.96. The van der Waals surface area contributed by atoms with Crippen LogP contribution in [0.15, 0.2) is 42.6 Å². The first kappa shape index (κ1) is 21.7. The molecule has 1 aliphatic heterocycles. The molecule has 30 heavy (non-hydrogen) atoms. The number of pyridine rings is 1. The highest BCUT2D eigenvalue weighted by Gasteiger charge is 2.28. The lowest BCUT2D eigenvalue weighted by atomic mass is 9.96. The van der Waals surface area contributed by atoms with E-state index in [4.69, 9.17) is 4.74 Å². The lowest BCUT2D eigenvalue weighted by Gasteiger charge is -2.32. The first-order valence-electron chi connectivity index (χ1n) is 10.3. The highest BCUT2D eigenvalue weighted by atomic mass is 19.1. The Morgan fingerprint density at radius 2 is 1.93 bits per heavy atom. The van der Waals surface area contributed by atoms with Crippen LogP contribution in [-0.4, -0.2) is 40.9 Å². The van der Waals surface area contributed by atoms with Gasteiger partial charge in [-0.3, -0.25) is 9.59 Å². The number of amides is 2. The zero-order valence-electron chi connectivity index (χ0n) is 17.4. The molecule has 2 heterocycles. The number of aromatic nitrogens is 1. The number of benzene rings is 1. The number of hydrogen-bond acceptors (Lipinski definition) is 4. The number of likely N-dealkylation sites (tertiary alicyclic amines) is 1. The van der Waals surface area contributed by atoms with E-state index in [1.165, 1.54) is 12.1 Å². The number of nitrogens with one attached hydrogen (secondary N) is 1. The molecular weight excluding hydrogens is 385 g/mol. The molecule has 1 unspecified atom stereocenters. The van der Waals surface area contributed by atoms with E-state index in [0.29, 0.717) is 25.5 Å². The summed E-state index contributed by atoms with van der Waals surface area (Å²) >= 11 is 0. The molecule has 0 aliphatic carbocycles. The average molecular weight is 413 g/mol. The van der Waals surface area contributed by atoms with E-state index < -0.39 is 0 Å². The number of carbonyl (C=O) groups is 2. The number of rotatable bonds is 7. The van der Waals surface area contributed by atoms with E-state index in [1.54, 1.807) is 29.3 Å². The Bertz CT molecular complexity index is 853. The number of ether oxygens (including phenoxy) is 1. The van der Waals surface area contributed by atoms with Crippen molar-refractivity contribution in [3.8, 4) is 5.88 Å². The van der Waals surface area contributed by atoms with Crippen molar-refractivity contribution < 1.29 is 18.7 Å². The molecule has 0 saturated carbocycles. The van der Waals surface area contributed by atoms with Crippen molar-refractivity contribution in [2.75, 3.05) is 13.1 Å². The molecule has 1 aromatic heterocycles. The Balaban J connectivity index is 1.48. The van der Waals surface area contributed by atoms with E-state index in [1.807, 2.05) is 19.9 Å². The topological polar surface area (TPSA) is 71.5 Å². The van der Waals surface area contributed by atoms with Gasteiger partial charge in [-0.25, -0.2) is 9.37 Å². The van der Waals surface area contributed by atoms with Gasteiger partial charge in [0.2, 0.25) is 17.7 Å². The summed E-state index contributed by atoms with van der Waals surface area (Å²) in [6.07, 6.45) is 3.51. The molecule has 0 bridgehead atoms. The number of piperidine rings is 1. The van der Waals surface area contributed by atoms with Gasteiger partial charge in [0.05, 0.1) is 18.4 Å². The minimum absolute atomic E-state index is 0.0379. The van der Waals surface area contributed by atoms with Crippen molar-refractivity contribution in [3.63, 3.8) is 0 Å². The molecule has 2 amide bonds. The number of carbonyl (C=O) groups excluding carboxylic acids is 2. The van der Waals surface area contributed by atoms with Crippen molar-refractivity contribution in [3.05, 3.63) is 59.5 Å². The molecule has 7 heteroatoms. The van der Waals surface area contributed by atoms with Crippen molar-refractivity contribution >= 4 is 11.8 Å². The second-order valence-electron chi connectivity index (χ2n) is 7.87. The fourth-order valence-corrected chi connectivity index (χ4v) is 3.47. The minimum atomic E-state index is -0.321. The predicted octanol–water partition coefficient (Wildman–Crippen LogP) is 3.11. The molecule has 3 rings (SSSR count). The van der Waals surface area contributed by atoms with E-state index in [9.17, 15) is 14.0 Å². The molecule has 1 fully saturated rings. The van der Waals surface area contributed by atoms with Gasteiger partial charge in [0.15, 0.2) is 0 Å². The van der Waals surface area contributed by atoms with Crippen LogP contribution in [-0.2, 0) is 22.6 Å². The van der Waals surface area contributed by atoms with E-state index in [-0.39, 0.29) is 36.1 Å². The SMILES string of the molecule is CC(C)Oc1ccc(CNC(=O)C2CCCN(C(=O)Cc3ccc(F)cc3)C2)cn1. The Morgan fingerprint density at radius 3 is 2.60 bits per heavy atom. The van der Waals surface area contributed by atoms with Crippen LogP contribution >= 0.6 is 0 Å². The van der Waals surface area contributed by atoms with Crippen molar-refractivity contribution in [1.29, 1.82) is 0 Å². The zero-order valence-corrected chi connectivity index (χ0v) is 17.4. The van der Waals surface area contributed by atoms with Crippen LogP contribution in [0.4, 0.5) is 4.39 Å². The van der Waals surface area contributed by atoms with Gasteiger partial charge in [-0.2, -0.15) is 0 Å². The molecule has 1 aromatic carbocycles. The maximum atomic E-state index is 13.0. The van der Waals surface area contributed by atoms with Gasteiger partial charge in [-0.15, -0.1) is 0 Å². The van der Waals surface area contributed by atoms with Gasteiger partial charge in [0, 0.05) is 31.9 Å². The van der Waals surface area contributed by atoms with Crippen molar-refractivity contribution in [2.45, 2.75) is 45.8 Å². The van der Waals surface area contributed by atoms with Crippen molar-refractivity contribution in [2.24, 2.45) is 5.92 Å². The van der Waals surface area contributed by atoms with Crippen LogP contribution in [0.25, 0.3) is 0 Å². The van der Waals surface area contributed by atoms with Crippen LogP contribution in [0, 0.1) is 11.7 Å². The fraction of sp³-hybridized carbons (Fsp3) is 0.435. The summed E-state index contributed by atoms with van der Waals surface area (Å²) in [5.41, 5.74) is 1.66. The smallest absolute Gasteiger partial charge is 0.227 e. The number of halogens is 1. The molecule has 0 radical (unpaired) electrons. The standard InChI is InChI=1S/C23H28FN3O3/c1-16(2)30-21-10-7-18(13-25-21)14-26-23(29)19-4-3-11-27(15-19)22(28)12-17-5-8-20(24)9-6-17/h5-10,13,16,19H,3-4,11-12,14-15H2,1-2H3,(H,26,29). The second kappa shape index (κ2) is 10.2. The summed E-state index contributed by atoms with van der Waals surface area (Å²) in [4.78, 5) is 31.2. The third-order valence-electron chi connectivity index (χ3n) is 5.03. The molecule has 0 spiro atoms. The molecule has 1 aliphatic rings. The van der Waals surface area contributed by atoms with Gasteiger partial charge >= 0.3 is 0 Å². The third kappa shape index (κ3) is 6.27. The summed E-state index contributed by atoms with van der Waals surface area (Å²) in [5.74, 6) is -0.0888. The van der Waals surface area contributed by atoms with Crippen LogP contribution in [0.1, 0.15) is 37.8 Å². The monoisotopic (exact) mass is 413 g/mol. The molecule has 2 aromatic rings. The lowest BCUT2D eigenvalue weighted by molar-refractivity contribution is -0.135. The van der Waals surface area contributed by atoms with Crippen LogP contribution in [0.5, 0.6) is 5.88 Å². The summed E-state index contributed by atoms with van der Waals surface area (Å²) in [7, 11) is 0. The maximum Gasteiger partial charge on any atom is 0.227 e. The quantitative estimate of drug-likeness (QED) is 0.757. The van der Waals surface area contributed by atoms with Crippen LogP contribution in [0.3, 0.4) is 0 Å². The molecule has 1 atom stereocenters. The van der Waals surface area contributed by atoms with E-state index in [0.717, 1.165) is 24.0 Å². The van der Waals surface area contributed by atoms with Gasteiger partial charge in [0.25, 0.3) is 0 Å². The van der Waals surface area contributed by atoms with Crippen molar-refractivity contribution in [1.82, 2.24) is 15.2 Å². The van der Waals surface area contributed by atoms with E-state index >= 15 is 0 Å². The van der Waals surface area contributed by atoms with Gasteiger partial charge in [-0.05, 0) is 49.9 Å². The van der Waals surface area contributed by atoms with E-state index in [2.05, 4.69) is 10.3 Å². The lowest BCUT2D eigenvalue weighted by Crippen LogP contribution is -2.45. The molecule has 1 saturated heterocycles. The zero-order chi connectivity index (χ0) is 21.5. The summed E-state index contributed by atoms with van der Waals surface area (Å²) < 4.78 is 18.6. The fourth-order valence-electron chi connectivity index (χ4n) is 3.47. The molecule has 1 N–H and O–H groups in total. The maximum absolute atomic E-state index is 13.0. The summed E-state index contributed by atoms with van der Waals surface area (Å²) in [6.45, 7) is 5.31. The third-order valence-corrected chi connectivity index (χ3v) is 5.03. The minimum Gasteiger partial charge on any atom is -0.475 e. The van der Waals surface area contributed by atoms with Gasteiger partial charge in [-0.1, -0.05) is 18.2 Å². The molecule has 160 valence electrons. The Morgan fingerprint density at radius 1 is 1.20 bits per heavy atom. The Labute approximate surface area is 176 Å². The Kier molecular flexibility index (Phi) is 7.38. The predicted molar refractivity (Wildman–Crippen MR) is 111 cm³/mol. The van der Waals surface area contributed by atoms with Gasteiger partial charge < -0.3 is 15.0 Å². The summed E-state index contributed by atoms with van der Waals surface area (Å²) in [6, 6.07) is 9.61. The van der Waals surface area contributed by atoms with Gasteiger partial charge in [0.1, 0.15) is 5.82 Å². The van der Waals surface area contributed by atoms with Crippen LogP contribution in [0.2, 0.25) is 0 Å². The molecule has 6 nitrogen and oxygen atoms in total.